The average Bonchev–Trinajstić information content (AvgIpc) is 3.09. The van der Waals surface area contributed by atoms with Crippen LogP contribution in [0.5, 0.6) is 0 Å². The van der Waals surface area contributed by atoms with E-state index in [4.69, 9.17) is 16.3 Å². The number of rotatable bonds is 5. The molecule has 1 amide bonds. The van der Waals surface area contributed by atoms with Crippen molar-refractivity contribution in [2.45, 2.75) is 18.5 Å². The lowest BCUT2D eigenvalue weighted by Gasteiger charge is -2.25. The summed E-state index contributed by atoms with van der Waals surface area (Å²) >= 11 is 7.59. The van der Waals surface area contributed by atoms with Crippen molar-refractivity contribution >= 4 is 41.3 Å². The average molecular weight is 387 g/mol. The van der Waals surface area contributed by atoms with Crippen LogP contribution in [0.3, 0.4) is 0 Å². The second kappa shape index (κ2) is 9.39. The number of hydrogen-bond acceptors (Lipinski definition) is 4. The SMILES string of the molecule is Cl.O=C(CC1COCCN1)NC(c1ccc(Cl)cc1)c1ccsc1. The number of thiophene rings is 1. The van der Waals surface area contributed by atoms with Gasteiger partial charge in [-0.15, -0.1) is 12.4 Å². The van der Waals surface area contributed by atoms with Gasteiger partial charge in [0.05, 0.1) is 19.3 Å². The van der Waals surface area contributed by atoms with Gasteiger partial charge in [0, 0.05) is 24.0 Å². The summed E-state index contributed by atoms with van der Waals surface area (Å²) in [6.07, 6.45) is 0.411. The highest BCUT2D eigenvalue weighted by Gasteiger charge is 2.21. The number of halogens is 2. The zero-order valence-corrected chi connectivity index (χ0v) is 15.4. The van der Waals surface area contributed by atoms with Gasteiger partial charge in [-0.2, -0.15) is 11.3 Å². The van der Waals surface area contributed by atoms with Crippen molar-refractivity contribution in [3.05, 3.63) is 57.2 Å². The summed E-state index contributed by atoms with van der Waals surface area (Å²) in [5.74, 6) is 0.0131. The third kappa shape index (κ3) is 5.19. The Bertz CT molecular complexity index is 629. The quantitative estimate of drug-likeness (QED) is 0.827. The van der Waals surface area contributed by atoms with Gasteiger partial charge in [-0.3, -0.25) is 4.79 Å². The molecule has 2 heterocycles. The molecule has 0 aliphatic carbocycles. The molecule has 1 saturated heterocycles. The lowest BCUT2D eigenvalue weighted by molar-refractivity contribution is -0.122. The lowest BCUT2D eigenvalue weighted by Crippen LogP contribution is -2.44. The number of hydrogen-bond donors (Lipinski definition) is 2. The predicted octanol–water partition coefficient (Wildman–Crippen LogP) is 3.41. The van der Waals surface area contributed by atoms with Crippen molar-refractivity contribution in [2.75, 3.05) is 19.8 Å². The minimum atomic E-state index is -0.157. The fraction of sp³-hybridized carbons (Fsp3) is 0.353. The number of benzene rings is 1. The highest BCUT2D eigenvalue weighted by Crippen LogP contribution is 2.25. The summed E-state index contributed by atoms with van der Waals surface area (Å²) < 4.78 is 5.40. The number of morpholine rings is 1. The Balaban J connectivity index is 0.00000208. The van der Waals surface area contributed by atoms with Crippen LogP contribution in [0.4, 0.5) is 0 Å². The van der Waals surface area contributed by atoms with Crippen molar-refractivity contribution in [3.63, 3.8) is 0 Å². The Labute approximate surface area is 157 Å². The molecular weight excluding hydrogens is 367 g/mol. The molecule has 4 nitrogen and oxygen atoms in total. The third-order valence-corrected chi connectivity index (χ3v) is 4.77. The molecule has 1 aromatic heterocycles. The summed E-state index contributed by atoms with van der Waals surface area (Å²) in [5, 5.41) is 11.2. The van der Waals surface area contributed by atoms with E-state index in [1.807, 2.05) is 35.7 Å². The number of ether oxygens (including phenoxy) is 1. The van der Waals surface area contributed by atoms with Crippen molar-refractivity contribution in [1.29, 1.82) is 0 Å². The standard InChI is InChI=1S/C17H19ClN2O2S.ClH/c18-14-3-1-12(2-4-14)17(13-5-8-23-11-13)20-16(21)9-15-10-22-7-6-19-15;/h1-5,8,11,15,17,19H,6-7,9-10H2,(H,20,21);1H. The highest BCUT2D eigenvalue weighted by molar-refractivity contribution is 7.08. The summed E-state index contributed by atoms with van der Waals surface area (Å²) in [4.78, 5) is 12.4. The van der Waals surface area contributed by atoms with Crippen LogP contribution < -0.4 is 10.6 Å². The fourth-order valence-electron chi connectivity index (χ4n) is 2.65. The van der Waals surface area contributed by atoms with Crippen LogP contribution in [0, 0.1) is 0 Å². The van der Waals surface area contributed by atoms with Gasteiger partial charge in [-0.25, -0.2) is 0 Å². The molecule has 24 heavy (non-hydrogen) atoms. The molecule has 2 N–H and O–H groups in total. The molecule has 1 aliphatic heterocycles. The van der Waals surface area contributed by atoms with E-state index in [0.29, 0.717) is 24.7 Å². The molecule has 0 spiro atoms. The summed E-state index contributed by atoms with van der Waals surface area (Å²) in [6, 6.07) is 9.55. The Morgan fingerprint density at radius 2 is 2.12 bits per heavy atom. The zero-order valence-electron chi connectivity index (χ0n) is 13.0. The second-order valence-corrected chi connectivity index (χ2v) is 6.76. The number of carbonyl (C=O) groups is 1. The lowest BCUT2D eigenvalue weighted by atomic mass is 10.0. The molecule has 1 aliphatic rings. The van der Waals surface area contributed by atoms with Crippen LogP contribution >= 0.6 is 35.3 Å². The van der Waals surface area contributed by atoms with Crippen molar-refractivity contribution in [2.24, 2.45) is 0 Å². The van der Waals surface area contributed by atoms with Crippen molar-refractivity contribution in [3.8, 4) is 0 Å². The Kier molecular flexibility index (Phi) is 7.52. The molecule has 3 rings (SSSR count). The molecule has 130 valence electrons. The number of amides is 1. The van der Waals surface area contributed by atoms with Gasteiger partial charge >= 0.3 is 0 Å². The van der Waals surface area contributed by atoms with Gasteiger partial charge in [0.15, 0.2) is 0 Å². The predicted molar refractivity (Wildman–Crippen MR) is 100 cm³/mol. The Morgan fingerprint density at radius 3 is 2.75 bits per heavy atom. The summed E-state index contributed by atoms with van der Waals surface area (Å²) in [5.41, 5.74) is 2.10. The Morgan fingerprint density at radius 1 is 1.33 bits per heavy atom. The van der Waals surface area contributed by atoms with Gasteiger partial charge in [-0.1, -0.05) is 23.7 Å². The second-order valence-electron chi connectivity index (χ2n) is 5.54. The highest BCUT2D eigenvalue weighted by atomic mass is 35.5. The maximum Gasteiger partial charge on any atom is 0.222 e. The van der Waals surface area contributed by atoms with Crippen LogP contribution in [-0.4, -0.2) is 31.7 Å². The Hall–Kier alpha value is -1.11. The molecule has 0 bridgehead atoms. The molecule has 2 unspecified atom stereocenters. The maximum absolute atomic E-state index is 12.4. The van der Waals surface area contributed by atoms with E-state index in [1.165, 1.54) is 0 Å². The molecule has 7 heteroatoms. The minimum absolute atomic E-state index is 0. The maximum atomic E-state index is 12.4. The van der Waals surface area contributed by atoms with E-state index in [-0.39, 0.29) is 30.4 Å². The summed E-state index contributed by atoms with van der Waals surface area (Å²) in [7, 11) is 0. The van der Waals surface area contributed by atoms with Crippen molar-refractivity contribution < 1.29 is 9.53 Å². The van der Waals surface area contributed by atoms with Crippen LogP contribution in [0.25, 0.3) is 0 Å². The first-order chi connectivity index (χ1) is 11.2. The fourth-order valence-corrected chi connectivity index (χ4v) is 3.46. The van der Waals surface area contributed by atoms with E-state index in [0.717, 1.165) is 17.7 Å². The molecule has 0 saturated carbocycles. The van der Waals surface area contributed by atoms with E-state index in [2.05, 4.69) is 16.0 Å². The van der Waals surface area contributed by atoms with Crippen LogP contribution in [0.15, 0.2) is 41.1 Å². The molecule has 1 aromatic carbocycles. The summed E-state index contributed by atoms with van der Waals surface area (Å²) in [6.45, 7) is 2.08. The number of carbonyl (C=O) groups excluding carboxylic acids is 1. The minimum Gasteiger partial charge on any atom is -0.378 e. The van der Waals surface area contributed by atoms with E-state index in [1.54, 1.807) is 11.3 Å². The van der Waals surface area contributed by atoms with Gasteiger partial charge in [0.25, 0.3) is 0 Å². The third-order valence-electron chi connectivity index (χ3n) is 3.82. The van der Waals surface area contributed by atoms with Crippen LogP contribution in [-0.2, 0) is 9.53 Å². The molecule has 2 atom stereocenters. The first-order valence-electron chi connectivity index (χ1n) is 7.60. The molecular formula is C17H20Cl2N2O2S. The molecule has 0 radical (unpaired) electrons. The normalized spacial score (nSPS) is 18.5. The number of nitrogens with one attached hydrogen (secondary N) is 2. The van der Waals surface area contributed by atoms with Gasteiger partial charge in [0.2, 0.25) is 5.91 Å². The smallest absolute Gasteiger partial charge is 0.222 e. The first kappa shape index (κ1) is 19.2. The van der Waals surface area contributed by atoms with Crippen LogP contribution in [0.1, 0.15) is 23.6 Å². The molecule has 1 fully saturated rings. The van der Waals surface area contributed by atoms with E-state index < -0.39 is 0 Å². The zero-order chi connectivity index (χ0) is 16.1. The van der Waals surface area contributed by atoms with E-state index in [9.17, 15) is 4.79 Å². The van der Waals surface area contributed by atoms with Crippen molar-refractivity contribution in [1.82, 2.24) is 10.6 Å². The van der Waals surface area contributed by atoms with Gasteiger partial charge in [0.1, 0.15) is 0 Å². The monoisotopic (exact) mass is 386 g/mol. The topological polar surface area (TPSA) is 50.4 Å². The van der Waals surface area contributed by atoms with Gasteiger partial charge < -0.3 is 15.4 Å². The van der Waals surface area contributed by atoms with E-state index >= 15 is 0 Å². The molecule has 2 aromatic rings. The van der Waals surface area contributed by atoms with Crippen LogP contribution in [0.2, 0.25) is 5.02 Å². The van der Waals surface area contributed by atoms with Gasteiger partial charge in [-0.05, 0) is 40.1 Å². The first-order valence-corrected chi connectivity index (χ1v) is 8.92. The largest absolute Gasteiger partial charge is 0.378 e.